The maximum absolute atomic E-state index is 8.96. The second-order valence-corrected chi connectivity index (χ2v) is 3.71. The van der Waals surface area contributed by atoms with Crippen molar-refractivity contribution in [1.29, 1.82) is 5.26 Å². The lowest BCUT2D eigenvalue weighted by Crippen LogP contribution is -1.99. The van der Waals surface area contributed by atoms with E-state index in [1.165, 1.54) is 6.20 Å². The van der Waals surface area contributed by atoms with Crippen molar-refractivity contribution in [2.45, 2.75) is 6.92 Å². The van der Waals surface area contributed by atoms with Crippen LogP contribution in [0.5, 0.6) is 5.75 Å². The zero-order chi connectivity index (χ0) is 13.0. The van der Waals surface area contributed by atoms with Gasteiger partial charge in [-0.2, -0.15) is 10.4 Å². The summed E-state index contributed by atoms with van der Waals surface area (Å²) >= 11 is 0. The predicted octanol–water partition coefficient (Wildman–Crippen LogP) is 2.41. The van der Waals surface area contributed by atoms with Gasteiger partial charge >= 0.3 is 0 Å². The smallest absolute Gasteiger partial charge is 0.171 e. The monoisotopic (exact) mass is 240 g/mol. The third-order valence-electron chi connectivity index (χ3n) is 2.50. The van der Waals surface area contributed by atoms with E-state index >= 15 is 0 Å². The highest BCUT2D eigenvalue weighted by atomic mass is 16.5. The van der Waals surface area contributed by atoms with E-state index in [0.717, 1.165) is 17.0 Å². The zero-order valence-corrected chi connectivity index (χ0v) is 10.1. The first-order chi connectivity index (χ1) is 8.74. The molecule has 1 aromatic carbocycles. The molecule has 0 saturated carbocycles. The van der Waals surface area contributed by atoms with Crippen molar-refractivity contribution in [2.24, 2.45) is 0 Å². The molecule has 0 fully saturated rings. The molecule has 5 heteroatoms. The topological polar surface area (TPSA) is 70.8 Å². The van der Waals surface area contributed by atoms with Gasteiger partial charge in [0.1, 0.15) is 11.8 Å². The fourth-order valence-corrected chi connectivity index (χ4v) is 1.61. The number of hydrogen-bond donors (Lipinski definition) is 1. The lowest BCUT2D eigenvalue weighted by molar-refractivity contribution is 0.412. The molecule has 0 aliphatic heterocycles. The minimum atomic E-state index is 0.449. The van der Waals surface area contributed by atoms with Crippen LogP contribution in [0.25, 0.3) is 0 Å². The van der Waals surface area contributed by atoms with Gasteiger partial charge in [-0.05, 0) is 36.8 Å². The highest BCUT2D eigenvalue weighted by Crippen LogP contribution is 2.24. The summed E-state index contributed by atoms with van der Waals surface area (Å²) in [7, 11) is 1.63. The van der Waals surface area contributed by atoms with Crippen LogP contribution < -0.4 is 10.1 Å². The van der Waals surface area contributed by atoms with Crippen LogP contribution in [0.1, 0.15) is 11.1 Å². The van der Waals surface area contributed by atoms with Gasteiger partial charge in [0.2, 0.25) is 0 Å². The minimum Gasteiger partial charge on any atom is -0.496 e. The van der Waals surface area contributed by atoms with E-state index in [4.69, 9.17) is 10.00 Å². The third kappa shape index (κ3) is 2.38. The Bertz CT molecular complexity index is 604. The molecule has 0 spiro atoms. The summed E-state index contributed by atoms with van der Waals surface area (Å²) in [5.74, 6) is 1.27. The Balaban J connectivity index is 2.29. The standard InChI is InChI=1S/C13H12N4O/c1-9-7-11(3-4-12(9)18-2)16-13-10(8-14)5-6-15-17-13/h3-7H,1-2H3,(H,16,17). The van der Waals surface area contributed by atoms with Crippen LogP contribution in [0.2, 0.25) is 0 Å². The Kier molecular flexibility index (Phi) is 3.39. The molecule has 18 heavy (non-hydrogen) atoms. The minimum absolute atomic E-state index is 0.449. The van der Waals surface area contributed by atoms with Gasteiger partial charge in [0, 0.05) is 5.69 Å². The molecule has 0 atom stereocenters. The molecule has 5 nitrogen and oxygen atoms in total. The van der Waals surface area contributed by atoms with E-state index in [9.17, 15) is 0 Å². The van der Waals surface area contributed by atoms with Crippen LogP contribution in [0.4, 0.5) is 11.5 Å². The van der Waals surface area contributed by atoms with Crippen molar-refractivity contribution in [3.63, 3.8) is 0 Å². The molecular weight excluding hydrogens is 228 g/mol. The van der Waals surface area contributed by atoms with E-state index < -0.39 is 0 Å². The number of ether oxygens (including phenoxy) is 1. The van der Waals surface area contributed by atoms with E-state index in [-0.39, 0.29) is 0 Å². The van der Waals surface area contributed by atoms with Gasteiger partial charge in [0.25, 0.3) is 0 Å². The van der Waals surface area contributed by atoms with Crippen LogP contribution in [0.15, 0.2) is 30.5 Å². The summed E-state index contributed by atoms with van der Waals surface area (Å²) < 4.78 is 5.19. The number of methoxy groups -OCH3 is 1. The first-order valence-corrected chi connectivity index (χ1v) is 5.38. The Morgan fingerprint density at radius 2 is 2.17 bits per heavy atom. The van der Waals surface area contributed by atoms with Crippen molar-refractivity contribution in [3.8, 4) is 11.8 Å². The Hall–Kier alpha value is -2.61. The summed E-state index contributed by atoms with van der Waals surface area (Å²) in [6, 6.07) is 9.33. The molecule has 1 N–H and O–H groups in total. The van der Waals surface area contributed by atoms with Crippen LogP contribution in [0, 0.1) is 18.3 Å². The lowest BCUT2D eigenvalue weighted by atomic mass is 10.2. The number of hydrogen-bond acceptors (Lipinski definition) is 5. The van der Waals surface area contributed by atoms with Gasteiger partial charge in [-0.3, -0.25) is 0 Å². The maximum atomic E-state index is 8.96. The lowest BCUT2D eigenvalue weighted by Gasteiger charge is -2.09. The summed E-state index contributed by atoms with van der Waals surface area (Å²) in [6.45, 7) is 1.95. The van der Waals surface area contributed by atoms with Crippen molar-refractivity contribution in [2.75, 3.05) is 12.4 Å². The van der Waals surface area contributed by atoms with Crippen molar-refractivity contribution in [3.05, 3.63) is 41.6 Å². The molecule has 1 aromatic heterocycles. The van der Waals surface area contributed by atoms with Crippen LogP contribution >= 0.6 is 0 Å². The predicted molar refractivity (Wildman–Crippen MR) is 67.8 cm³/mol. The Labute approximate surface area is 105 Å². The molecule has 0 bridgehead atoms. The molecule has 1 heterocycles. The Morgan fingerprint density at radius 1 is 1.33 bits per heavy atom. The SMILES string of the molecule is COc1ccc(Nc2nnccc2C#N)cc1C. The number of aromatic nitrogens is 2. The summed E-state index contributed by atoms with van der Waals surface area (Å²) in [5.41, 5.74) is 2.30. The number of aryl methyl sites for hydroxylation is 1. The van der Waals surface area contributed by atoms with Crippen LogP contribution in [-0.4, -0.2) is 17.3 Å². The summed E-state index contributed by atoms with van der Waals surface area (Å²) in [6.07, 6.45) is 1.49. The fourth-order valence-electron chi connectivity index (χ4n) is 1.61. The average Bonchev–Trinajstić information content (AvgIpc) is 2.39. The van der Waals surface area contributed by atoms with Gasteiger partial charge in [-0.15, -0.1) is 5.10 Å². The first-order valence-electron chi connectivity index (χ1n) is 5.38. The van der Waals surface area contributed by atoms with Crippen LogP contribution in [-0.2, 0) is 0 Å². The molecule has 0 radical (unpaired) electrons. The number of nitrogens with zero attached hydrogens (tertiary/aromatic N) is 3. The number of nitriles is 1. The molecule has 2 rings (SSSR count). The highest BCUT2D eigenvalue weighted by molar-refractivity contribution is 5.63. The molecule has 0 unspecified atom stereocenters. The molecule has 0 aliphatic rings. The maximum Gasteiger partial charge on any atom is 0.171 e. The molecule has 0 saturated heterocycles. The van der Waals surface area contributed by atoms with Crippen molar-refractivity contribution in [1.82, 2.24) is 10.2 Å². The molecular formula is C13H12N4O. The first kappa shape index (κ1) is 11.9. The second kappa shape index (κ2) is 5.15. The summed E-state index contributed by atoms with van der Waals surface area (Å²) in [5, 5.41) is 19.7. The number of benzene rings is 1. The number of nitrogens with one attached hydrogen (secondary N) is 1. The Morgan fingerprint density at radius 3 is 2.83 bits per heavy atom. The highest BCUT2D eigenvalue weighted by Gasteiger charge is 2.05. The summed E-state index contributed by atoms with van der Waals surface area (Å²) in [4.78, 5) is 0. The van der Waals surface area contributed by atoms with Crippen molar-refractivity contribution >= 4 is 11.5 Å². The number of anilines is 2. The van der Waals surface area contributed by atoms with Gasteiger partial charge in [0.05, 0.1) is 18.9 Å². The van der Waals surface area contributed by atoms with Crippen molar-refractivity contribution < 1.29 is 4.74 Å². The quantitative estimate of drug-likeness (QED) is 0.892. The normalized spacial score (nSPS) is 9.61. The molecule has 2 aromatic rings. The molecule has 0 amide bonds. The van der Waals surface area contributed by atoms with E-state index in [2.05, 4.69) is 21.6 Å². The van der Waals surface area contributed by atoms with Crippen LogP contribution in [0.3, 0.4) is 0 Å². The van der Waals surface area contributed by atoms with E-state index in [1.807, 2.05) is 25.1 Å². The molecule has 0 aliphatic carbocycles. The van der Waals surface area contributed by atoms with Gasteiger partial charge in [0.15, 0.2) is 5.82 Å². The van der Waals surface area contributed by atoms with E-state index in [1.54, 1.807) is 13.2 Å². The van der Waals surface area contributed by atoms with Gasteiger partial charge < -0.3 is 10.1 Å². The average molecular weight is 240 g/mol. The largest absolute Gasteiger partial charge is 0.496 e. The van der Waals surface area contributed by atoms with Gasteiger partial charge in [-0.1, -0.05) is 0 Å². The second-order valence-electron chi connectivity index (χ2n) is 3.71. The fraction of sp³-hybridized carbons (Fsp3) is 0.154. The molecule has 90 valence electrons. The van der Waals surface area contributed by atoms with E-state index in [0.29, 0.717) is 11.4 Å². The number of rotatable bonds is 3. The van der Waals surface area contributed by atoms with Gasteiger partial charge in [-0.25, -0.2) is 0 Å². The zero-order valence-electron chi connectivity index (χ0n) is 10.1. The third-order valence-corrected chi connectivity index (χ3v) is 2.50.